The topological polar surface area (TPSA) is 70.9 Å². The quantitative estimate of drug-likeness (QED) is 0.759. The summed E-state index contributed by atoms with van der Waals surface area (Å²) in [7, 11) is 0. The summed E-state index contributed by atoms with van der Waals surface area (Å²) in [5.74, 6) is 0.693. The van der Waals surface area contributed by atoms with Gasteiger partial charge in [-0.3, -0.25) is 4.57 Å². The van der Waals surface area contributed by atoms with E-state index >= 15 is 0 Å². The highest BCUT2D eigenvalue weighted by atomic mass is 32.2. The van der Waals surface area contributed by atoms with Crippen molar-refractivity contribution in [1.82, 2.24) is 14.8 Å². The molecule has 0 bridgehead atoms. The minimum atomic E-state index is -0.753. The van der Waals surface area contributed by atoms with Gasteiger partial charge in [0.2, 0.25) is 0 Å². The molecule has 2 N–H and O–H groups in total. The molecule has 0 spiro atoms. The Morgan fingerprint density at radius 1 is 1.59 bits per heavy atom. The molecule has 0 aliphatic carbocycles. The van der Waals surface area contributed by atoms with Gasteiger partial charge < -0.3 is 5.11 Å². The lowest BCUT2D eigenvalue weighted by Crippen LogP contribution is -2.34. The van der Waals surface area contributed by atoms with Crippen LogP contribution in [0.1, 0.15) is 34.1 Å². The molecular formula is C11H21N3O2S. The van der Waals surface area contributed by atoms with Gasteiger partial charge in [-0.1, -0.05) is 32.5 Å². The number of aliphatic hydroxyl groups is 1. The van der Waals surface area contributed by atoms with Crippen LogP contribution < -0.4 is 5.69 Å². The van der Waals surface area contributed by atoms with Crippen LogP contribution in [0.15, 0.2) is 9.95 Å². The molecule has 0 radical (unpaired) electrons. The average Bonchev–Trinajstić information content (AvgIpc) is 2.58. The van der Waals surface area contributed by atoms with Gasteiger partial charge >= 0.3 is 5.69 Å². The van der Waals surface area contributed by atoms with Gasteiger partial charge in [0.05, 0.1) is 5.60 Å². The van der Waals surface area contributed by atoms with Gasteiger partial charge in [-0.05, 0) is 19.3 Å². The standard InChI is InChI=1S/C11H21N3O2S/c1-5-6-14-9(15)12-13-10(14)17-7-11(4,16)8(2)3/h8,16H,5-7H2,1-4H3,(H,12,15). The number of nitrogens with one attached hydrogen (secondary N) is 1. The molecule has 5 nitrogen and oxygen atoms in total. The van der Waals surface area contributed by atoms with Gasteiger partial charge in [0.25, 0.3) is 0 Å². The summed E-state index contributed by atoms with van der Waals surface area (Å²) in [5.41, 5.74) is -0.935. The molecule has 1 unspecified atom stereocenters. The summed E-state index contributed by atoms with van der Waals surface area (Å²) in [4.78, 5) is 11.5. The molecule has 17 heavy (non-hydrogen) atoms. The molecule has 6 heteroatoms. The molecule has 0 saturated carbocycles. The minimum Gasteiger partial charge on any atom is -0.389 e. The molecule has 0 aliphatic rings. The number of hydrogen-bond donors (Lipinski definition) is 2. The van der Waals surface area contributed by atoms with E-state index in [9.17, 15) is 9.90 Å². The molecule has 0 fully saturated rings. The van der Waals surface area contributed by atoms with Crippen LogP contribution in [0, 0.1) is 5.92 Å². The number of nitrogens with zero attached hydrogens (tertiary/aromatic N) is 2. The first-order valence-electron chi connectivity index (χ1n) is 5.89. The third kappa shape index (κ3) is 3.61. The molecule has 0 aliphatic heterocycles. The van der Waals surface area contributed by atoms with Crippen LogP contribution in [-0.2, 0) is 6.54 Å². The van der Waals surface area contributed by atoms with Crippen LogP contribution in [0.5, 0.6) is 0 Å². The van der Waals surface area contributed by atoms with Gasteiger partial charge in [0.1, 0.15) is 0 Å². The van der Waals surface area contributed by atoms with E-state index in [4.69, 9.17) is 0 Å². The highest BCUT2D eigenvalue weighted by Crippen LogP contribution is 2.25. The zero-order valence-electron chi connectivity index (χ0n) is 10.9. The second-order valence-corrected chi connectivity index (χ2v) is 5.71. The van der Waals surface area contributed by atoms with Crippen molar-refractivity contribution in [3.63, 3.8) is 0 Å². The summed E-state index contributed by atoms with van der Waals surface area (Å²) in [6.07, 6.45) is 0.883. The minimum absolute atomic E-state index is 0.167. The van der Waals surface area contributed by atoms with E-state index in [0.717, 1.165) is 6.42 Å². The number of thioether (sulfide) groups is 1. The first-order chi connectivity index (χ1) is 7.88. The van der Waals surface area contributed by atoms with Gasteiger partial charge in [-0.15, -0.1) is 5.10 Å². The molecule has 0 amide bonds. The largest absolute Gasteiger partial charge is 0.389 e. The molecule has 1 aromatic rings. The zero-order chi connectivity index (χ0) is 13.1. The van der Waals surface area contributed by atoms with Gasteiger partial charge in [0, 0.05) is 12.3 Å². The van der Waals surface area contributed by atoms with Crippen molar-refractivity contribution in [3.05, 3.63) is 10.5 Å². The van der Waals surface area contributed by atoms with Crippen LogP contribution >= 0.6 is 11.8 Å². The fourth-order valence-corrected chi connectivity index (χ4v) is 2.41. The average molecular weight is 259 g/mol. The third-order valence-electron chi connectivity index (χ3n) is 2.91. The number of H-pyrrole nitrogens is 1. The highest BCUT2D eigenvalue weighted by Gasteiger charge is 2.26. The van der Waals surface area contributed by atoms with E-state index < -0.39 is 5.60 Å². The van der Waals surface area contributed by atoms with E-state index in [1.165, 1.54) is 11.8 Å². The molecular weight excluding hydrogens is 238 g/mol. The molecule has 0 saturated heterocycles. The Hall–Kier alpha value is -0.750. The van der Waals surface area contributed by atoms with Crippen molar-refractivity contribution in [2.24, 2.45) is 5.92 Å². The monoisotopic (exact) mass is 259 g/mol. The number of rotatable bonds is 6. The fraction of sp³-hybridized carbons (Fsp3) is 0.818. The first kappa shape index (κ1) is 14.3. The maximum atomic E-state index is 11.5. The fourth-order valence-electron chi connectivity index (χ4n) is 1.21. The highest BCUT2D eigenvalue weighted by molar-refractivity contribution is 7.99. The van der Waals surface area contributed by atoms with E-state index in [1.807, 2.05) is 20.8 Å². The summed E-state index contributed by atoms with van der Waals surface area (Å²) in [6.45, 7) is 8.42. The summed E-state index contributed by atoms with van der Waals surface area (Å²) < 4.78 is 1.61. The van der Waals surface area contributed by atoms with E-state index in [2.05, 4.69) is 10.2 Å². The Morgan fingerprint density at radius 3 is 2.76 bits per heavy atom. The Labute approximate surface area is 106 Å². The summed E-state index contributed by atoms with van der Waals surface area (Å²) in [5, 5.41) is 17.2. The Bertz CT molecular complexity index is 409. The molecule has 1 atom stereocenters. The van der Waals surface area contributed by atoms with Crippen LogP contribution in [0.4, 0.5) is 0 Å². The predicted molar refractivity (Wildman–Crippen MR) is 69.3 cm³/mol. The lowest BCUT2D eigenvalue weighted by atomic mass is 9.95. The molecule has 98 valence electrons. The zero-order valence-corrected chi connectivity index (χ0v) is 11.7. The van der Waals surface area contributed by atoms with Gasteiger partial charge in [-0.2, -0.15) is 0 Å². The molecule has 1 heterocycles. The van der Waals surface area contributed by atoms with Crippen molar-refractivity contribution < 1.29 is 5.11 Å². The van der Waals surface area contributed by atoms with Crippen LogP contribution in [0.25, 0.3) is 0 Å². The van der Waals surface area contributed by atoms with Crippen molar-refractivity contribution >= 4 is 11.8 Å². The van der Waals surface area contributed by atoms with Crippen LogP contribution in [0.2, 0.25) is 0 Å². The maximum absolute atomic E-state index is 11.5. The molecule has 1 rings (SSSR count). The third-order valence-corrected chi connectivity index (χ3v) is 4.21. The van der Waals surface area contributed by atoms with Crippen molar-refractivity contribution in [1.29, 1.82) is 0 Å². The van der Waals surface area contributed by atoms with Crippen LogP contribution in [0.3, 0.4) is 0 Å². The smallest absolute Gasteiger partial charge is 0.343 e. The normalized spacial score (nSPS) is 15.2. The predicted octanol–water partition coefficient (Wildman–Crippen LogP) is 1.48. The van der Waals surface area contributed by atoms with E-state index in [-0.39, 0.29) is 11.6 Å². The molecule has 1 aromatic heterocycles. The van der Waals surface area contributed by atoms with Crippen molar-refractivity contribution in [2.45, 2.75) is 51.4 Å². The lowest BCUT2D eigenvalue weighted by molar-refractivity contribution is 0.0376. The Balaban J connectivity index is 2.73. The Kier molecular flexibility index (Phi) is 4.82. The second kappa shape index (κ2) is 5.73. The number of aromatic nitrogens is 3. The first-order valence-corrected chi connectivity index (χ1v) is 6.87. The lowest BCUT2D eigenvalue weighted by Gasteiger charge is -2.26. The van der Waals surface area contributed by atoms with E-state index in [0.29, 0.717) is 17.5 Å². The SMILES string of the molecule is CCCn1c(SCC(C)(O)C(C)C)n[nH]c1=O. The van der Waals surface area contributed by atoms with Crippen LogP contribution in [-0.4, -0.2) is 31.2 Å². The maximum Gasteiger partial charge on any atom is 0.343 e. The second-order valence-electron chi connectivity index (χ2n) is 4.76. The van der Waals surface area contributed by atoms with E-state index in [1.54, 1.807) is 11.5 Å². The molecule has 0 aromatic carbocycles. The summed E-state index contributed by atoms with van der Waals surface area (Å²) in [6, 6.07) is 0. The Morgan fingerprint density at radius 2 is 2.24 bits per heavy atom. The van der Waals surface area contributed by atoms with Gasteiger partial charge in [-0.25, -0.2) is 9.89 Å². The van der Waals surface area contributed by atoms with Crippen molar-refractivity contribution in [2.75, 3.05) is 5.75 Å². The van der Waals surface area contributed by atoms with Crippen molar-refractivity contribution in [3.8, 4) is 0 Å². The summed E-state index contributed by atoms with van der Waals surface area (Å²) >= 11 is 1.41. The number of aromatic amines is 1. The van der Waals surface area contributed by atoms with Gasteiger partial charge in [0.15, 0.2) is 5.16 Å². The number of hydrogen-bond acceptors (Lipinski definition) is 4.